The number of rotatable bonds is 13. The number of para-hydroxylation sites is 3. The number of ether oxygens (including phenoxy) is 4. The van der Waals surface area contributed by atoms with Crippen molar-refractivity contribution < 1.29 is 28.8 Å². The van der Waals surface area contributed by atoms with Crippen LogP contribution in [0.4, 0.5) is 0 Å². The van der Waals surface area contributed by atoms with Crippen LogP contribution in [-0.4, -0.2) is 37.8 Å². The monoisotopic (exact) mass is 636 g/mol. The predicted molar refractivity (Wildman–Crippen MR) is 187 cm³/mol. The lowest BCUT2D eigenvalue weighted by Gasteiger charge is -2.23. The number of phenols is 1. The van der Waals surface area contributed by atoms with Gasteiger partial charge in [-0.3, -0.25) is 4.79 Å². The summed E-state index contributed by atoms with van der Waals surface area (Å²) in [7, 11) is 0. The molecule has 47 heavy (non-hydrogen) atoms. The number of fused-ring (bicyclic) bond motifs is 8. The summed E-state index contributed by atoms with van der Waals surface area (Å²) in [4.78, 5) is 12.6. The van der Waals surface area contributed by atoms with E-state index >= 15 is 0 Å². The highest BCUT2D eigenvalue weighted by atomic mass is 16.5. The van der Waals surface area contributed by atoms with Gasteiger partial charge in [-0.2, -0.15) is 0 Å². The quantitative estimate of drug-likeness (QED) is 0.130. The number of aromatic hydroxyl groups is 1. The maximum Gasteiger partial charge on any atom is 0.154 e. The van der Waals surface area contributed by atoms with E-state index in [1.54, 1.807) is 6.07 Å². The van der Waals surface area contributed by atoms with E-state index in [1.807, 2.05) is 12.1 Å². The van der Waals surface area contributed by atoms with Crippen LogP contribution in [0.5, 0.6) is 28.7 Å². The van der Waals surface area contributed by atoms with E-state index in [0.29, 0.717) is 63.4 Å². The van der Waals surface area contributed by atoms with Crippen molar-refractivity contribution in [2.24, 2.45) is 0 Å². The molecule has 8 bridgehead atoms. The zero-order valence-corrected chi connectivity index (χ0v) is 28.3. The van der Waals surface area contributed by atoms with Crippen molar-refractivity contribution in [3.05, 3.63) is 111 Å². The number of aldehydes is 1. The highest BCUT2D eigenvalue weighted by Crippen LogP contribution is 2.41. The molecule has 1 N–H and O–H groups in total. The molecule has 0 spiro atoms. The number of phenolic OH excluding ortho intramolecular Hbond substituents is 1. The minimum Gasteiger partial charge on any atom is -0.507 e. The fourth-order valence-electron chi connectivity index (χ4n) is 6.33. The van der Waals surface area contributed by atoms with Crippen molar-refractivity contribution in [1.82, 2.24) is 0 Å². The topological polar surface area (TPSA) is 74.2 Å². The van der Waals surface area contributed by atoms with Gasteiger partial charge < -0.3 is 24.1 Å². The zero-order chi connectivity index (χ0) is 33.2. The largest absolute Gasteiger partial charge is 0.507 e. The summed E-state index contributed by atoms with van der Waals surface area (Å²) in [5.41, 5.74) is 7.95. The second kappa shape index (κ2) is 16.4. The second-order valence-electron chi connectivity index (χ2n) is 12.2. The first-order chi connectivity index (χ1) is 23.0. The fraction of sp³-hybridized carbons (Fsp3) is 0.390. The lowest BCUT2D eigenvalue weighted by Crippen LogP contribution is -2.11. The Hall–Kier alpha value is -4.45. The summed E-state index contributed by atoms with van der Waals surface area (Å²) >= 11 is 0. The van der Waals surface area contributed by atoms with Crippen LogP contribution in [0, 0.1) is 0 Å². The molecule has 4 aromatic rings. The van der Waals surface area contributed by atoms with Crippen molar-refractivity contribution in [2.75, 3.05) is 26.4 Å². The molecule has 5 rings (SSSR count). The Morgan fingerprint density at radius 3 is 1.23 bits per heavy atom. The fourth-order valence-corrected chi connectivity index (χ4v) is 6.33. The maximum atomic E-state index is 12.6. The molecule has 0 heterocycles. The summed E-state index contributed by atoms with van der Waals surface area (Å²) in [6.07, 6.45) is 6.25. The zero-order valence-electron chi connectivity index (χ0n) is 28.3. The highest BCUT2D eigenvalue weighted by molar-refractivity contribution is 5.84. The van der Waals surface area contributed by atoms with Crippen LogP contribution < -0.4 is 18.9 Å². The lowest BCUT2D eigenvalue weighted by atomic mass is 9.89. The molecule has 1 aliphatic carbocycles. The smallest absolute Gasteiger partial charge is 0.154 e. The Balaban J connectivity index is 1.81. The number of carbonyl (C=O) groups excluding carboxylic acids is 1. The van der Waals surface area contributed by atoms with Gasteiger partial charge in [0, 0.05) is 36.8 Å². The minimum atomic E-state index is -0.0537. The standard InChI is InChI=1S/C41H48O6/c1-5-18-44-38-28-12-9-13-29(38)23-31-15-11-17-33(40(31)46-20-7-3)25-35-36(27-42)37(43)26-34(41(35)47-21-8-4)24-32-16-10-14-30(22-28)39(32)45-19-6-2/h9-17,26-27,43H,5-8,18-25H2,1-4H3. The van der Waals surface area contributed by atoms with Crippen molar-refractivity contribution in [3.63, 3.8) is 0 Å². The van der Waals surface area contributed by atoms with Crippen LogP contribution in [0.1, 0.15) is 108 Å². The molecule has 0 saturated heterocycles. The Kier molecular flexibility index (Phi) is 11.8. The summed E-state index contributed by atoms with van der Waals surface area (Å²) in [6, 6.07) is 20.6. The van der Waals surface area contributed by atoms with E-state index in [1.165, 1.54) is 0 Å². The number of hydrogen-bond donors (Lipinski definition) is 1. The molecule has 1 aliphatic rings. The van der Waals surface area contributed by atoms with E-state index in [4.69, 9.17) is 18.9 Å². The third-order valence-corrected chi connectivity index (χ3v) is 8.44. The average Bonchev–Trinajstić information content (AvgIpc) is 3.07. The number of hydrogen-bond acceptors (Lipinski definition) is 6. The van der Waals surface area contributed by atoms with Gasteiger partial charge in [-0.05, 0) is 65.1 Å². The lowest BCUT2D eigenvalue weighted by molar-refractivity contribution is 0.111. The first-order valence-electron chi connectivity index (χ1n) is 17.2. The van der Waals surface area contributed by atoms with Gasteiger partial charge in [-0.25, -0.2) is 0 Å². The van der Waals surface area contributed by atoms with E-state index in [0.717, 1.165) is 88.2 Å². The van der Waals surface area contributed by atoms with Gasteiger partial charge >= 0.3 is 0 Å². The predicted octanol–water partition coefficient (Wildman–Crippen LogP) is 9.04. The van der Waals surface area contributed by atoms with E-state index in [2.05, 4.69) is 70.2 Å². The van der Waals surface area contributed by atoms with Crippen molar-refractivity contribution in [3.8, 4) is 28.7 Å². The molecule has 0 amide bonds. The molecule has 248 valence electrons. The van der Waals surface area contributed by atoms with Crippen LogP contribution in [-0.2, 0) is 25.7 Å². The van der Waals surface area contributed by atoms with Gasteiger partial charge in [0.05, 0.1) is 32.0 Å². The molecule has 0 unspecified atom stereocenters. The summed E-state index contributed by atoms with van der Waals surface area (Å²) in [5.74, 6) is 3.14. The van der Waals surface area contributed by atoms with Crippen LogP contribution in [0.3, 0.4) is 0 Å². The van der Waals surface area contributed by atoms with Crippen LogP contribution in [0.25, 0.3) is 0 Å². The van der Waals surface area contributed by atoms with Crippen molar-refractivity contribution in [2.45, 2.75) is 79.1 Å². The number of benzene rings is 4. The summed E-state index contributed by atoms with van der Waals surface area (Å²) < 4.78 is 26.0. The van der Waals surface area contributed by atoms with E-state index < -0.39 is 0 Å². The Morgan fingerprint density at radius 2 is 0.872 bits per heavy atom. The summed E-state index contributed by atoms with van der Waals surface area (Å²) in [5, 5.41) is 11.3. The van der Waals surface area contributed by atoms with Crippen molar-refractivity contribution in [1.29, 1.82) is 0 Å². The first-order valence-corrected chi connectivity index (χ1v) is 17.2. The van der Waals surface area contributed by atoms with Crippen LogP contribution in [0.15, 0.2) is 60.7 Å². The molecule has 0 fully saturated rings. The summed E-state index contributed by atoms with van der Waals surface area (Å²) in [6.45, 7) is 10.6. The SMILES string of the molecule is CCCOc1c2cccc1Cc1cccc(c1OCCC)Cc1c(C=O)c(O)cc(c1OCCC)Cc1cccc(c1OCCC)C2. The molecule has 0 aromatic heterocycles. The van der Waals surface area contributed by atoms with Gasteiger partial charge in [0.2, 0.25) is 0 Å². The normalized spacial score (nSPS) is 12.3. The van der Waals surface area contributed by atoms with Crippen LogP contribution >= 0.6 is 0 Å². The molecule has 6 nitrogen and oxygen atoms in total. The molecule has 0 radical (unpaired) electrons. The van der Waals surface area contributed by atoms with Gasteiger partial charge in [0.15, 0.2) is 6.29 Å². The second-order valence-corrected chi connectivity index (χ2v) is 12.2. The molecule has 0 atom stereocenters. The Bertz CT molecular complexity index is 1670. The van der Waals surface area contributed by atoms with Gasteiger partial charge in [-0.1, -0.05) is 82.3 Å². The van der Waals surface area contributed by atoms with Gasteiger partial charge in [0.1, 0.15) is 28.7 Å². The molecule has 0 aliphatic heterocycles. The Morgan fingerprint density at radius 1 is 0.532 bits per heavy atom. The Labute approximate surface area is 279 Å². The minimum absolute atomic E-state index is 0.0537. The van der Waals surface area contributed by atoms with E-state index in [9.17, 15) is 9.90 Å². The van der Waals surface area contributed by atoms with Crippen molar-refractivity contribution >= 4 is 6.29 Å². The first kappa shape index (κ1) is 33.9. The highest BCUT2D eigenvalue weighted by Gasteiger charge is 2.25. The molecule has 6 heteroatoms. The number of carbonyl (C=O) groups is 1. The maximum absolute atomic E-state index is 12.6. The van der Waals surface area contributed by atoms with Crippen LogP contribution in [0.2, 0.25) is 0 Å². The molecule has 0 saturated carbocycles. The average molecular weight is 637 g/mol. The third-order valence-electron chi connectivity index (χ3n) is 8.44. The van der Waals surface area contributed by atoms with E-state index in [-0.39, 0.29) is 11.3 Å². The molecule has 4 aromatic carbocycles. The molecular formula is C41H48O6. The van der Waals surface area contributed by atoms with Gasteiger partial charge in [0.25, 0.3) is 0 Å². The van der Waals surface area contributed by atoms with Gasteiger partial charge in [-0.15, -0.1) is 0 Å². The molecular weight excluding hydrogens is 588 g/mol. The third kappa shape index (κ3) is 7.75.